The molecule has 0 amide bonds. The van der Waals surface area contributed by atoms with E-state index >= 15 is 0 Å². The van der Waals surface area contributed by atoms with Gasteiger partial charge in [0.25, 0.3) is 0 Å². The summed E-state index contributed by atoms with van der Waals surface area (Å²) in [6, 6.07) is 12.7. The van der Waals surface area contributed by atoms with Crippen LogP contribution in [0.3, 0.4) is 0 Å². The number of halogens is 2. The summed E-state index contributed by atoms with van der Waals surface area (Å²) in [6.07, 6.45) is 5.78. The number of nitrogens with one attached hydrogen (secondary N) is 2. The summed E-state index contributed by atoms with van der Waals surface area (Å²) in [5.41, 5.74) is 2.57. The molecule has 0 aliphatic carbocycles. The van der Waals surface area contributed by atoms with E-state index in [0.29, 0.717) is 41.0 Å². The van der Waals surface area contributed by atoms with Gasteiger partial charge in [-0.2, -0.15) is 4.98 Å². The maximum atomic E-state index is 14.0. The third kappa shape index (κ3) is 5.16. The summed E-state index contributed by atoms with van der Waals surface area (Å²) in [4.78, 5) is 14.5. The summed E-state index contributed by atoms with van der Waals surface area (Å²) < 4.78 is 42.6. The first-order chi connectivity index (χ1) is 17.6. The molecule has 0 bridgehead atoms. The lowest BCUT2D eigenvalue weighted by atomic mass is 10.1. The van der Waals surface area contributed by atoms with Crippen molar-refractivity contribution in [1.82, 2.24) is 24.1 Å². The number of methoxy groups -OCH3 is 1. The van der Waals surface area contributed by atoms with E-state index in [1.54, 1.807) is 47.1 Å². The molecule has 5 aromatic rings. The zero-order valence-corrected chi connectivity index (χ0v) is 20.1. The van der Waals surface area contributed by atoms with E-state index in [-0.39, 0.29) is 11.6 Å². The minimum atomic E-state index is -0.454. The zero-order chi connectivity index (χ0) is 24.9. The largest absolute Gasteiger partial charge is 0.494 e. The topological polar surface area (TPSA) is 89.5 Å². The lowest BCUT2D eigenvalue weighted by Gasteiger charge is -2.09. The SMILES string of the molecule is COc1cc(-c2nc3occn3c2-c2ccnc(NCCCNSc3ccc(F)cc3)n2)ccc1F. The van der Waals surface area contributed by atoms with Gasteiger partial charge in [0.15, 0.2) is 11.6 Å². The monoisotopic (exact) mass is 508 g/mol. The minimum Gasteiger partial charge on any atom is -0.494 e. The van der Waals surface area contributed by atoms with Gasteiger partial charge in [0.1, 0.15) is 23.5 Å². The summed E-state index contributed by atoms with van der Waals surface area (Å²) in [5.74, 6) is 0.282. The van der Waals surface area contributed by atoms with E-state index < -0.39 is 5.82 Å². The predicted octanol–water partition coefficient (Wildman–Crippen LogP) is 5.44. The smallest absolute Gasteiger partial charge is 0.306 e. The molecular formula is C25H22F2N6O2S. The van der Waals surface area contributed by atoms with Gasteiger partial charge in [0, 0.05) is 35.9 Å². The number of rotatable bonds is 10. The molecule has 11 heteroatoms. The Morgan fingerprint density at radius 2 is 1.92 bits per heavy atom. The van der Waals surface area contributed by atoms with Crippen LogP contribution in [-0.4, -0.2) is 39.6 Å². The predicted molar refractivity (Wildman–Crippen MR) is 134 cm³/mol. The second-order valence-electron chi connectivity index (χ2n) is 7.71. The molecular weight excluding hydrogens is 486 g/mol. The Kier molecular flexibility index (Phi) is 7.10. The molecule has 2 N–H and O–H groups in total. The van der Waals surface area contributed by atoms with E-state index in [1.165, 1.54) is 43.5 Å². The van der Waals surface area contributed by atoms with Gasteiger partial charge in [0.05, 0.1) is 12.8 Å². The number of oxazole rings is 1. The lowest BCUT2D eigenvalue weighted by molar-refractivity contribution is 0.387. The number of imidazole rings is 1. The first-order valence-corrected chi connectivity index (χ1v) is 12.0. The van der Waals surface area contributed by atoms with Crippen LogP contribution in [0, 0.1) is 11.6 Å². The van der Waals surface area contributed by atoms with Crippen molar-refractivity contribution < 1.29 is 17.9 Å². The molecule has 0 aliphatic rings. The molecule has 0 radical (unpaired) electrons. The summed E-state index contributed by atoms with van der Waals surface area (Å²) in [6.45, 7) is 1.39. The Hall–Kier alpha value is -3.96. The third-order valence-electron chi connectivity index (χ3n) is 5.33. The molecule has 184 valence electrons. The standard InChI is InChI=1S/C25H22F2N6O2S/c1-34-21-15-16(3-8-19(21)27)22-23(33-13-14-35-25(33)32-22)20-9-12-29-24(31-20)28-10-2-11-30-36-18-6-4-17(26)5-7-18/h3-9,12-15,30H,2,10-11H2,1H3,(H,28,29,31). The maximum absolute atomic E-state index is 14.0. The lowest BCUT2D eigenvalue weighted by Crippen LogP contribution is -2.12. The highest BCUT2D eigenvalue weighted by atomic mass is 32.2. The number of hydrogen-bond donors (Lipinski definition) is 2. The molecule has 0 spiro atoms. The van der Waals surface area contributed by atoms with Gasteiger partial charge in [0.2, 0.25) is 5.95 Å². The van der Waals surface area contributed by atoms with Crippen LogP contribution in [0.2, 0.25) is 0 Å². The van der Waals surface area contributed by atoms with Crippen molar-refractivity contribution in [3.05, 3.63) is 78.8 Å². The van der Waals surface area contributed by atoms with Crippen LogP contribution in [0.25, 0.3) is 28.5 Å². The first kappa shape index (κ1) is 23.8. The Morgan fingerprint density at radius 1 is 1.06 bits per heavy atom. The number of nitrogens with zero attached hydrogens (tertiary/aromatic N) is 4. The first-order valence-electron chi connectivity index (χ1n) is 11.1. The average molecular weight is 509 g/mol. The summed E-state index contributed by atoms with van der Waals surface area (Å²) >= 11 is 1.45. The quantitative estimate of drug-likeness (QED) is 0.191. The van der Waals surface area contributed by atoms with Gasteiger partial charge < -0.3 is 14.5 Å². The van der Waals surface area contributed by atoms with Crippen molar-refractivity contribution in [1.29, 1.82) is 0 Å². The van der Waals surface area contributed by atoms with Gasteiger partial charge in [-0.05, 0) is 66.9 Å². The number of fused-ring (bicyclic) bond motifs is 1. The molecule has 36 heavy (non-hydrogen) atoms. The molecule has 0 saturated carbocycles. The fourth-order valence-electron chi connectivity index (χ4n) is 3.61. The number of aromatic nitrogens is 4. The Bertz CT molecular complexity index is 1470. The molecule has 5 rings (SSSR count). The second-order valence-corrected chi connectivity index (χ2v) is 8.67. The van der Waals surface area contributed by atoms with Crippen LogP contribution in [-0.2, 0) is 0 Å². The van der Waals surface area contributed by atoms with Crippen LogP contribution >= 0.6 is 11.9 Å². The van der Waals surface area contributed by atoms with E-state index in [9.17, 15) is 8.78 Å². The Labute approximate surface area is 209 Å². The van der Waals surface area contributed by atoms with Gasteiger partial charge in [-0.25, -0.2) is 18.7 Å². The number of benzene rings is 2. The molecule has 0 unspecified atom stereocenters. The van der Waals surface area contributed by atoms with Crippen molar-refractivity contribution in [2.45, 2.75) is 11.3 Å². The van der Waals surface area contributed by atoms with Crippen molar-refractivity contribution in [3.8, 4) is 28.4 Å². The van der Waals surface area contributed by atoms with Crippen molar-refractivity contribution in [3.63, 3.8) is 0 Å². The minimum absolute atomic E-state index is 0.124. The van der Waals surface area contributed by atoms with Crippen LogP contribution in [0.5, 0.6) is 5.75 Å². The van der Waals surface area contributed by atoms with Gasteiger partial charge >= 0.3 is 5.84 Å². The number of anilines is 1. The average Bonchev–Trinajstić information content (AvgIpc) is 3.49. The molecule has 8 nitrogen and oxygen atoms in total. The van der Waals surface area contributed by atoms with E-state index in [2.05, 4.69) is 25.0 Å². The second kappa shape index (κ2) is 10.8. The van der Waals surface area contributed by atoms with Crippen LogP contribution in [0.15, 0.2) is 76.5 Å². The molecule has 3 heterocycles. The van der Waals surface area contributed by atoms with Crippen molar-refractivity contribution >= 4 is 23.7 Å². The van der Waals surface area contributed by atoms with E-state index in [4.69, 9.17) is 9.15 Å². The van der Waals surface area contributed by atoms with Crippen LogP contribution in [0.4, 0.5) is 14.7 Å². The normalized spacial score (nSPS) is 11.2. The van der Waals surface area contributed by atoms with E-state index in [1.807, 2.05) is 0 Å². The Morgan fingerprint density at radius 3 is 2.75 bits per heavy atom. The zero-order valence-electron chi connectivity index (χ0n) is 19.2. The van der Waals surface area contributed by atoms with Gasteiger partial charge in [-0.1, -0.05) is 0 Å². The van der Waals surface area contributed by atoms with Gasteiger partial charge in [-0.15, -0.1) is 0 Å². The third-order valence-corrected chi connectivity index (χ3v) is 6.18. The highest BCUT2D eigenvalue weighted by Gasteiger charge is 2.20. The van der Waals surface area contributed by atoms with Gasteiger partial charge in [-0.3, -0.25) is 9.12 Å². The van der Waals surface area contributed by atoms with Crippen LogP contribution < -0.4 is 14.8 Å². The summed E-state index contributed by atoms with van der Waals surface area (Å²) in [5, 5.41) is 3.24. The molecule has 0 fully saturated rings. The molecule has 0 saturated heterocycles. The summed E-state index contributed by atoms with van der Waals surface area (Å²) in [7, 11) is 1.42. The Balaban J connectivity index is 1.28. The van der Waals surface area contributed by atoms with Crippen molar-refractivity contribution in [2.75, 3.05) is 25.5 Å². The maximum Gasteiger partial charge on any atom is 0.306 e. The van der Waals surface area contributed by atoms with E-state index in [0.717, 1.165) is 17.9 Å². The van der Waals surface area contributed by atoms with Crippen molar-refractivity contribution in [2.24, 2.45) is 0 Å². The highest BCUT2D eigenvalue weighted by molar-refractivity contribution is 7.97. The number of ether oxygens (including phenoxy) is 1. The highest BCUT2D eigenvalue weighted by Crippen LogP contribution is 2.34. The van der Waals surface area contributed by atoms with Crippen LogP contribution in [0.1, 0.15) is 6.42 Å². The fourth-order valence-corrected chi connectivity index (χ4v) is 4.30. The molecule has 0 aliphatic heterocycles. The molecule has 2 aromatic carbocycles. The molecule has 0 atom stereocenters. The number of hydrogen-bond acceptors (Lipinski definition) is 8. The molecule has 3 aromatic heterocycles. The fraction of sp³-hybridized carbons (Fsp3) is 0.160.